The van der Waals surface area contributed by atoms with Crippen LogP contribution in [0.2, 0.25) is 0 Å². The molecule has 26 heavy (non-hydrogen) atoms. The van der Waals surface area contributed by atoms with Gasteiger partial charge in [-0.15, -0.1) is 0 Å². The van der Waals surface area contributed by atoms with Crippen molar-refractivity contribution in [2.75, 3.05) is 0 Å². The number of hydrogen-bond acceptors (Lipinski definition) is 2. The number of phenols is 2. The molecule has 0 spiro atoms. The van der Waals surface area contributed by atoms with Crippen LogP contribution in [0.1, 0.15) is 55.7 Å². The molecule has 2 N–H and O–H groups in total. The van der Waals surface area contributed by atoms with Crippen LogP contribution in [0.25, 0.3) is 0 Å². The Hall–Kier alpha value is -2.22. The average molecular weight is 348 g/mol. The van der Waals surface area contributed by atoms with Crippen LogP contribution in [0.5, 0.6) is 11.5 Å². The number of fused-ring (bicyclic) bond motifs is 3. The van der Waals surface area contributed by atoms with E-state index < -0.39 is 0 Å². The average Bonchev–Trinajstić information content (AvgIpc) is 2.64. The summed E-state index contributed by atoms with van der Waals surface area (Å²) in [6, 6.07) is 13.7. The van der Waals surface area contributed by atoms with E-state index in [2.05, 4.69) is 31.2 Å². The van der Waals surface area contributed by atoms with Gasteiger partial charge in [-0.1, -0.05) is 36.8 Å². The largest absolute Gasteiger partial charge is 0.508 e. The van der Waals surface area contributed by atoms with Crippen LogP contribution in [-0.4, -0.2) is 10.2 Å². The predicted molar refractivity (Wildman–Crippen MR) is 106 cm³/mol. The molecule has 1 saturated carbocycles. The van der Waals surface area contributed by atoms with Gasteiger partial charge in [0.15, 0.2) is 0 Å². The molecular formula is C24H28O2. The second-order valence-electron chi connectivity index (χ2n) is 8.05. The highest BCUT2D eigenvalue weighted by Gasteiger charge is 2.46. The summed E-state index contributed by atoms with van der Waals surface area (Å²) in [5.41, 5.74) is 5.82. The zero-order valence-electron chi connectivity index (χ0n) is 15.5. The highest BCUT2D eigenvalue weighted by Crippen LogP contribution is 2.53. The van der Waals surface area contributed by atoms with E-state index in [0.29, 0.717) is 17.4 Å². The number of benzene rings is 2. The van der Waals surface area contributed by atoms with Gasteiger partial charge in [0.1, 0.15) is 11.5 Å². The van der Waals surface area contributed by atoms with Gasteiger partial charge in [0.25, 0.3) is 0 Å². The van der Waals surface area contributed by atoms with Crippen LogP contribution in [-0.2, 0) is 18.3 Å². The fourth-order valence-corrected chi connectivity index (χ4v) is 5.32. The molecule has 0 amide bonds. The van der Waals surface area contributed by atoms with Crippen molar-refractivity contribution in [3.63, 3.8) is 0 Å². The van der Waals surface area contributed by atoms with Gasteiger partial charge in [-0.3, -0.25) is 0 Å². The van der Waals surface area contributed by atoms with Gasteiger partial charge in [-0.25, -0.2) is 0 Å². The molecule has 4 rings (SSSR count). The Kier molecular flexibility index (Phi) is 4.52. The third kappa shape index (κ3) is 3.02. The molecule has 1 fully saturated rings. The maximum Gasteiger partial charge on any atom is 0.115 e. The van der Waals surface area contributed by atoms with Crippen molar-refractivity contribution in [1.82, 2.24) is 0 Å². The molecule has 2 heteroatoms. The summed E-state index contributed by atoms with van der Waals surface area (Å²) >= 11 is 0. The monoisotopic (exact) mass is 348 g/mol. The molecule has 0 aromatic heterocycles. The van der Waals surface area contributed by atoms with Crippen LogP contribution in [0, 0.1) is 5.92 Å². The minimum atomic E-state index is 0.142. The lowest BCUT2D eigenvalue weighted by molar-refractivity contribution is 0.186. The predicted octanol–water partition coefficient (Wildman–Crippen LogP) is 5.66. The molecule has 2 aromatic rings. The second kappa shape index (κ2) is 6.83. The third-order valence-electron chi connectivity index (χ3n) is 6.52. The lowest BCUT2D eigenvalue weighted by Gasteiger charge is -2.50. The summed E-state index contributed by atoms with van der Waals surface area (Å²) in [6.45, 7) is 2.23. The van der Waals surface area contributed by atoms with Gasteiger partial charge in [-0.2, -0.15) is 0 Å². The van der Waals surface area contributed by atoms with E-state index in [-0.39, 0.29) is 5.41 Å². The Labute approximate surface area is 156 Å². The van der Waals surface area contributed by atoms with Gasteiger partial charge in [-0.05, 0) is 91.8 Å². The van der Waals surface area contributed by atoms with Gasteiger partial charge in [0, 0.05) is 5.41 Å². The van der Waals surface area contributed by atoms with Gasteiger partial charge < -0.3 is 10.2 Å². The first kappa shape index (κ1) is 17.2. The Bertz CT molecular complexity index is 819. The molecule has 0 heterocycles. The fourth-order valence-electron chi connectivity index (χ4n) is 5.32. The summed E-state index contributed by atoms with van der Waals surface area (Å²) < 4.78 is 0. The Balaban J connectivity index is 1.77. The zero-order chi connectivity index (χ0) is 18.1. The van der Waals surface area contributed by atoms with E-state index in [1.54, 1.807) is 17.7 Å². The Morgan fingerprint density at radius 2 is 1.81 bits per heavy atom. The van der Waals surface area contributed by atoms with Crippen molar-refractivity contribution in [2.45, 2.75) is 57.3 Å². The first-order chi connectivity index (χ1) is 12.6. The van der Waals surface area contributed by atoms with E-state index in [1.807, 2.05) is 12.1 Å². The lowest BCUT2D eigenvalue weighted by Crippen LogP contribution is -2.44. The summed E-state index contributed by atoms with van der Waals surface area (Å²) in [7, 11) is 0. The van der Waals surface area contributed by atoms with Crippen molar-refractivity contribution in [3.8, 4) is 11.5 Å². The van der Waals surface area contributed by atoms with Gasteiger partial charge >= 0.3 is 0 Å². The fraction of sp³-hybridized carbons (Fsp3) is 0.417. The van der Waals surface area contributed by atoms with Crippen LogP contribution in [0.15, 0.2) is 54.1 Å². The third-order valence-corrected chi connectivity index (χ3v) is 6.52. The van der Waals surface area contributed by atoms with Crippen molar-refractivity contribution in [1.29, 1.82) is 0 Å². The standard InChI is InChI=1S/C24H28O2/c1-2-3-17-12-13-24(16-18-4-8-21(25)9-5-18)20(14-17)7-6-19-15-22(26)10-11-23(19)24/h3-5,8-11,15,20,25-26H,2,6-7,12-14,16H2,1H3/t20?,24-/m0/s1. The minimum absolute atomic E-state index is 0.142. The molecule has 2 nitrogen and oxygen atoms in total. The Morgan fingerprint density at radius 3 is 2.58 bits per heavy atom. The van der Waals surface area contributed by atoms with Crippen molar-refractivity contribution >= 4 is 0 Å². The van der Waals surface area contributed by atoms with Gasteiger partial charge in [0.05, 0.1) is 0 Å². The number of phenolic OH excluding ortho intramolecular Hbond substituents is 2. The van der Waals surface area contributed by atoms with Crippen molar-refractivity contribution < 1.29 is 10.2 Å². The highest BCUT2D eigenvalue weighted by atomic mass is 16.3. The quantitative estimate of drug-likeness (QED) is 0.703. The highest BCUT2D eigenvalue weighted by molar-refractivity contribution is 5.45. The van der Waals surface area contributed by atoms with Crippen LogP contribution >= 0.6 is 0 Å². The normalized spacial score (nSPS) is 26.3. The number of aromatic hydroxyl groups is 2. The maximum absolute atomic E-state index is 9.96. The molecule has 0 aliphatic heterocycles. The van der Waals surface area contributed by atoms with Crippen LogP contribution in [0.3, 0.4) is 0 Å². The minimum Gasteiger partial charge on any atom is -0.508 e. The summed E-state index contributed by atoms with van der Waals surface area (Å²) in [5.74, 6) is 1.36. The van der Waals surface area contributed by atoms with Crippen molar-refractivity contribution in [3.05, 3.63) is 70.8 Å². The zero-order valence-corrected chi connectivity index (χ0v) is 15.5. The topological polar surface area (TPSA) is 40.5 Å². The first-order valence-electron chi connectivity index (χ1n) is 9.89. The Morgan fingerprint density at radius 1 is 1.04 bits per heavy atom. The second-order valence-corrected chi connectivity index (χ2v) is 8.05. The summed E-state index contributed by atoms with van der Waals surface area (Å²) in [5, 5.41) is 19.6. The number of rotatable bonds is 3. The van der Waals surface area contributed by atoms with E-state index >= 15 is 0 Å². The molecule has 0 radical (unpaired) electrons. The van der Waals surface area contributed by atoms with Crippen LogP contribution < -0.4 is 0 Å². The number of allylic oxidation sites excluding steroid dienone is 2. The first-order valence-corrected chi connectivity index (χ1v) is 9.89. The van der Waals surface area contributed by atoms with Crippen molar-refractivity contribution in [2.24, 2.45) is 5.92 Å². The van der Waals surface area contributed by atoms with E-state index in [0.717, 1.165) is 19.3 Å². The number of hydrogen-bond donors (Lipinski definition) is 2. The molecule has 136 valence electrons. The van der Waals surface area contributed by atoms with E-state index in [9.17, 15) is 10.2 Å². The molecule has 2 aromatic carbocycles. The molecular weight excluding hydrogens is 320 g/mol. The maximum atomic E-state index is 9.96. The van der Waals surface area contributed by atoms with Gasteiger partial charge in [0.2, 0.25) is 0 Å². The van der Waals surface area contributed by atoms with E-state index in [1.165, 1.54) is 42.4 Å². The molecule has 2 atom stereocenters. The molecule has 1 unspecified atom stereocenters. The smallest absolute Gasteiger partial charge is 0.115 e. The number of aryl methyl sites for hydroxylation is 1. The lowest BCUT2D eigenvalue weighted by atomic mass is 9.54. The molecule has 0 saturated heterocycles. The van der Waals surface area contributed by atoms with Crippen LogP contribution in [0.4, 0.5) is 0 Å². The SMILES string of the molecule is CCC=C1CC[C@@]2(Cc3ccc(O)cc3)c3ccc(O)cc3CCC2C1. The van der Waals surface area contributed by atoms with E-state index in [4.69, 9.17) is 0 Å². The summed E-state index contributed by atoms with van der Waals surface area (Å²) in [6.07, 6.45) is 10.3. The molecule has 0 bridgehead atoms. The summed E-state index contributed by atoms with van der Waals surface area (Å²) in [4.78, 5) is 0. The molecule has 2 aliphatic rings. The molecule has 2 aliphatic carbocycles.